The third-order valence-electron chi connectivity index (χ3n) is 3.56. The fourth-order valence-electron chi connectivity index (χ4n) is 2.45. The Morgan fingerprint density at radius 2 is 2.00 bits per heavy atom. The van der Waals surface area contributed by atoms with Crippen LogP contribution in [0.15, 0.2) is 45.6 Å². The van der Waals surface area contributed by atoms with Gasteiger partial charge in [0, 0.05) is 13.0 Å². The van der Waals surface area contributed by atoms with Crippen LogP contribution in [0.2, 0.25) is 0 Å². The molecule has 0 saturated heterocycles. The number of alkyl halides is 3. The van der Waals surface area contributed by atoms with Gasteiger partial charge in [0.1, 0.15) is 0 Å². The van der Waals surface area contributed by atoms with Crippen molar-refractivity contribution in [1.82, 2.24) is 15.0 Å². The van der Waals surface area contributed by atoms with Crippen LogP contribution < -0.4 is 0 Å². The monoisotopic (exact) mass is 367 g/mol. The highest BCUT2D eigenvalue weighted by molar-refractivity contribution is 7.07. The number of benzene rings is 1. The molecule has 3 aromatic rings. The Morgan fingerprint density at radius 3 is 2.72 bits per heavy atom. The largest absolute Gasteiger partial charge is 0.416 e. The molecule has 4 nitrogen and oxygen atoms in total. The summed E-state index contributed by atoms with van der Waals surface area (Å²) in [5.74, 6) is 0.818. The molecule has 132 valence electrons. The zero-order valence-electron chi connectivity index (χ0n) is 13.5. The maximum Gasteiger partial charge on any atom is 0.416 e. The number of halogens is 3. The van der Waals surface area contributed by atoms with Gasteiger partial charge in [-0.1, -0.05) is 23.4 Å². The summed E-state index contributed by atoms with van der Waals surface area (Å²) in [6.45, 7) is 1.24. The van der Waals surface area contributed by atoms with Crippen LogP contribution in [0, 0.1) is 0 Å². The Morgan fingerprint density at radius 1 is 1.16 bits per heavy atom. The molecular formula is C17H16F3N3OS. The van der Waals surface area contributed by atoms with Crippen molar-refractivity contribution in [1.29, 1.82) is 0 Å². The van der Waals surface area contributed by atoms with E-state index in [4.69, 9.17) is 4.52 Å². The van der Waals surface area contributed by atoms with Crippen LogP contribution in [0.4, 0.5) is 13.2 Å². The van der Waals surface area contributed by atoms with Gasteiger partial charge in [0.25, 0.3) is 0 Å². The van der Waals surface area contributed by atoms with Crippen molar-refractivity contribution in [3.05, 3.63) is 69.5 Å². The number of hydrogen-bond donors (Lipinski definition) is 0. The van der Waals surface area contributed by atoms with E-state index in [0.29, 0.717) is 23.8 Å². The minimum absolute atomic E-state index is 0.196. The Balaban J connectivity index is 1.62. The second-order valence-corrected chi connectivity index (χ2v) is 6.56. The average Bonchev–Trinajstić information content (AvgIpc) is 3.19. The van der Waals surface area contributed by atoms with Gasteiger partial charge in [-0.3, -0.25) is 4.90 Å². The third-order valence-corrected chi connectivity index (χ3v) is 4.30. The Kier molecular flexibility index (Phi) is 5.19. The molecule has 0 amide bonds. The van der Waals surface area contributed by atoms with Gasteiger partial charge < -0.3 is 4.52 Å². The molecule has 0 saturated carbocycles. The molecule has 2 aromatic heterocycles. The summed E-state index contributed by atoms with van der Waals surface area (Å²) >= 11 is 1.64. The van der Waals surface area contributed by atoms with Crippen molar-refractivity contribution in [3.8, 4) is 0 Å². The molecule has 0 atom stereocenters. The second kappa shape index (κ2) is 7.37. The van der Waals surface area contributed by atoms with Crippen LogP contribution in [0.3, 0.4) is 0 Å². The first kappa shape index (κ1) is 17.6. The lowest BCUT2D eigenvalue weighted by atomic mass is 10.1. The SMILES string of the molecule is CN(Cc1ccsc1)Cc1nc(Cc2cccc(C(F)(F)F)c2)no1. The smallest absolute Gasteiger partial charge is 0.338 e. The number of thiophene rings is 1. The molecule has 0 aliphatic rings. The van der Waals surface area contributed by atoms with E-state index < -0.39 is 11.7 Å². The van der Waals surface area contributed by atoms with Crippen molar-refractivity contribution >= 4 is 11.3 Å². The molecule has 0 aliphatic carbocycles. The number of hydrogen-bond acceptors (Lipinski definition) is 5. The standard InChI is InChI=1S/C17H16F3N3OS/c1-23(9-13-5-6-25-11-13)10-16-21-15(22-24-16)8-12-3-2-4-14(7-12)17(18,19)20/h2-7,11H,8-10H2,1H3. The number of aromatic nitrogens is 2. The maximum atomic E-state index is 12.8. The summed E-state index contributed by atoms with van der Waals surface area (Å²) in [7, 11) is 1.94. The fourth-order valence-corrected chi connectivity index (χ4v) is 3.11. The van der Waals surface area contributed by atoms with Crippen LogP contribution in [0.5, 0.6) is 0 Å². The topological polar surface area (TPSA) is 42.2 Å². The van der Waals surface area contributed by atoms with Crippen LogP contribution in [-0.4, -0.2) is 22.1 Å². The summed E-state index contributed by atoms with van der Waals surface area (Å²) in [5.41, 5.74) is 1.02. The van der Waals surface area contributed by atoms with E-state index in [2.05, 4.69) is 15.5 Å². The quantitative estimate of drug-likeness (QED) is 0.649. The summed E-state index contributed by atoms with van der Waals surface area (Å²) in [6, 6.07) is 7.21. The molecule has 0 bridgehead atoms. The Hall–Kier alpha value is -2.19. The average molecular weight is 367 g/mol. The van der Waals surface area contributed by atoms with Gasteiger partial charge >= 0.3 is 6.18 Å². The van der Waals surface area contributed by atoms with Crippen molar-refractivity contribution in [2.75, 3.05) is 7.05 Å². The summed E-state index contributed by atoms with van der Waals surface area (Å²) in [6.07, 6.45) is -4.16. The van der Waals surface area contributed by atoms with Gasteiger partial charge in [0.15, 0.2) is 5.82 Å². The molecule has 0 radical (unpaired) electrons. The zero-order chi connectivity index (χ0) is 17.9. The third kappa shape index (κ3) is 4.90. The molecular weight excluding hydrogens is 351 g/mol. The van der Waals surface area contributed by atoms with Crippen LogP contribution >= 0.6 is 11.3 Å². The zero-order valence-corrected chi connectivity index (χ0v) is 14.3. The summed E-state index contributed by atoms with van der Waals surface area (Å²) in [5, 5.41) is 7.95. The molecule has 0 aliphatic heterocycles. The summed E-state index contributed by atoms with van der Waals surface area (Å²) in [4.78, 5) is 6.30. The highest BCUT2D eigenvalue weighted by atomic mass is 32.1. The van der Waals surface area contributed by atoms with Crippen molar-refractivity contribution in [2.24, 2.45) is 0 Å². The Bertz CT molecular complexity index is 815. The van der Waals surface area contributed by atoms with E-state index in [-0.39, 0.29) is 6.42 Å². The molecule has 0 fully saturated rings. The maximum absolute atomic E-state index is 12.8. The predicted molar refractivity (Wildman–Crippen MR) is 88.0 cm³/mol. The van der Waals surface area contributed by atoms with Crippen LogP contribution in [0.1, 0.15) is 28.4 Å². The molecule has 0 unspecified atom stereocenters. The fraction of sp³-hybridized carbons (Fsp3) is 0.294. The van der Waals surface area contributed by atoms with Gasteiger partial charge in [-0.2, -0.15) is 29.5 Å². The molecule has 0 spiro atoms. The molecule has 2 heterocycles. The van der Waals surface area contributed by atoms with Gasteiger partial charge in [-0.25, -0.2) is 0 Å². The van der Waals surface area contributed by atoms with Gasteiger partial charge in [-0.15, -0.1) is 0 Å². The minimum Gasteiger partial charge on any atom is -0.338 e. The number of nitrogens with zero attached hydrogens (tertiary/aromatic N) is 3. The molecule has 25 heavy (non-hydrogen) atoms. The van der Waals surface area contributed by atoms with E-state index >= 15 is 0 Å². The van der Waals surface area contributed by atoms with Crippen molar-refractivity contribution in [2.45, 2.75) is 25.7 Å². The van der Waals surface area contributed by atoms with Crippen molar-refractivity contribution in [3.63, 3.8) is 0 Å². The van der Waals surface area contributed by atoms with Crippen LogP contribution in [-0.2, 0) is 25.7 Å². The first-order valence-electron chi connectivity index (χ1n) is 7.57. The van der Waals surface area contributed by atoms with E-state index in [1.807, 2.05) is 23.4 Å². The first-order valence-corrected chi connectivity index (χ1v) is 8.51. The number of rotatable bonds is 6. The lowest BCUT2D eigenvalue weighted by Gasteiger charge is -2.12. The van der Waals surface area contributed by atoms with E-state index in [9.17, 15) is 13.2 Å². The summed E-state index contributed by atoms with van der Waals surface area (Å²) < 4.78 is 43.5. The van der Waals surface area contributed by atoms with Gasteiger partial charge in [0.2, 0.25) is 5.89 Å². The lowest BCUT2D eigenvalue weighted by Crippen LogP contribution is -2.17. The molecule has 3 rings (SSSR count). The highest BCUT2D eigenvalue weighted by Crippen LogP contribution is 2.29. The normalized spacial score (nSPS) is 12.0. The molecule has 0 N–H and O–H groups in total. The molecule has 8 heteroatoms. The van der Waals surface area contributed by atoms with Gasteiger partial charge in [-0.05, 0) is 41.1 Å². The van der Waals surface area contributed by atoms with Crippen LogP contribution in [0.25, 0.3) is 0 Å². The van der Waals surface area contributed by atoms with E-state index in [1.54, 1.807) is 17.4 Å². The highest BCUT2D eigenvalue weighted by Gasteiger charge is 2.30. The van der Waals surface area contributed by atoms with Crippen molar-refractivity contribution < 1.29 is 17.7 Å². The molecule has 1 aromatic carbocycles. The van der Waals surface area contributed by atoms with Gasteiger partial charge in [0.05, 0.1) is 12.1 Å². The predicted octanol–water partition coefficient (Wildman–Crippen LogP) is 4.37. The minimum atomic E-state index is -4.36. The first-order chi connectivity index (χ1) is 11.9. The lowest BCUT2D eigenvalue weighted by molar-refractivity contribution is -0.137. The second-order valence-electron chi connectivity index (χ2n) is 5.78. The Labute approximate surface area is 146 Å². The van der Waals surface area contributed by atoms with E-state index in [1.165, 1.54) is 11.6 Å². The van der Waals surface area contributed by atoms with E-state index in [0.717, 1.165) is 18.7 Å².